The topological polar surface area (TPSA) is 48.7 Å². The SMILES string of the molecule is COc1ccc2oc(-c3ccc(Oc4ccccc4F)cc3)cc(=O)c2c1. The van der Waals surface area contributed by atoms with Crippen LogP contribution in [-0.2, 0) is 0 Å². The Bertz CT molecular complexity index is 1160. The molecule has 4 aromatic rings. The summed E-state index contributed by atoms with van der Waals surface area (Å²) in [6, 6.07) is 19.6. The molecule has 1 heterocycles. The maximum Gasteiger partial charge on any atom is 0.193 e. The van der Waals surface area contributed by atoms with E-state index in [9.17, 15) is 9.18 Å². The minimum atomic E-state index is -0.433. The van der Waals surface area contributed by atoms with Gasteiger partial charge in [0.05, 0.1) is 12.5 Å². The van der Waals surface area contributed by atoms with Crippen molar-refractivity contribution in [3.8, 4) is 28.6 Å². The summed E-state index contributed by atoms with van der Waals surface area (Å²) in [4.78, 5) is 12.4. The van der Waals surface area contributed by atoms with Crippen LogP contribution >= 0.6 is 0 Å². The first kappa shape index (κ1) is 16.8. The predicted octanol–water partition coefficient (Wildman–Crippen LogP) is 5.40. The van der Waals surface area contributed by atoms with E-state index in [-0.39, 0.29) is 11.2 Å². The average Bonchev–Trinajstić information content (AvgIpc) is 2.70. The summed E-state index contributed by atoms with van der Waals surface area (Å²) in [5.41, 5.74) is 1.03. The van der Waals surface area contributed by atoms with E-state index in [2.05, 4.69) is 0 Å². The number of hydrogen-bond donors (Lipinski definition) is 0. The lowest BCUT2D eigenvalue weighted by Crippen LogP contribution is -2.00. The molecule has 0 fully saturated rings. The predicted molar refractivity (Wildman–Crippen MR) is 101 cm³/mol. The van der Waals surface area contributed by atoms with Gasteiger partial charge in [-0.2, -0.15) is 0 Å². The number of para-hydroxylation sites is 1. The van der Waals surface area contributed by atoms with Crippen LogP contribution in [0.15, 0.2) is 82.0 Å². The molecule has 0 atom stereocenters. The zero-order valence-corrected chi connectivity index (χ0v) is 14.4. The van der Waals surface area contributed by atoms with Gasteiger partial charge in [-0.3, -0.25) is 4.79 Å². The van der Waals surface area contributed by atoms with Crippen LogP contribution in [0.4, 0.5) is 4.39 Å². The van der Waals surface area contributed by atoms with Gasteiger partial charge >= 0.3 is 0 Å². The van der Waals surface area contributed by atoms with Crippen molar-refractivity contribution in [2.75, 3.05) is 7.11 Å². The van der Waals surface area contributed by atoms with Crippen molar-refractivity contribution in [3.05, 3.63) is 88.8 Å². The molecule has 0 saturated carbocycles. The van der Waals surface area contributed by atoms with Gasteiger partial charge < -0.3 is 13.9 Å². The molecular weight excluding hydrogens is 347 g/mol. The largest absolute Gasteiger partial charge is 0.497 e. The van der Waals surface area contributed by atoms with Gasteiger partial charge in [-0.1, -0.05) is 12.1 Å². The third kappa shape index (κ3) is 3.40. The Labute approximate surface area is 154 Å². The fourth-order valence-corrected chi connectivity index (χ4v) is 2.75. The van der Waals surface area contributed by atoms with E-state index in [1.165, 1.54) is 12.1 Å². The highest BCUT2D eigenvalue weighted by Crippen LogP contribution is 2.28. The zero-order chi connectivity index (χ0) is 18.8. The first-order valence-electron chi connectivity index (χ1n) is 8.29. The number of halogens is 1. The quantitative estimate of drug-likeness (QED) is 0.488. The lowest BCUT2D eigenvalue weighted by Gasteiger charge is -2.08. The number of fused-ring (bicyclic) bond motifs is 1. The Balaban J connectivity index is 1.66. The monoisotopic (exact) mass is 362 g/mol. The minimum Gasteiger partial charge on any atom is -0.497 e. The molecule has 4 rings (SSSR count). The van der Waals surface area contributed by atoms with Crippen molar-refractivity contribution >= 4 is 11.0 Å². The molecule has 5 heteroatoms. The number of methoxy groups -OCH3 is 1. The second-order valence-corrected chi connectivity index (χ2v) is 5.89. The van der Waals surface area contributed by atoms with Crippen LogP contribution in [0.3, 0.4) is 0 Å². The lowest BCUT2D eigenvalue weighted by atomic mass is 10.1. The number of hydrogen-bond acceptors (Lipinski definition) is 4. The fraction of sp³-hybridized carbons (Fsp3) is 0.0455. The van der Waals surface area contributed by atoms with Gasteiger partial charge in [-0.05, 0) is 54.6 Å². The van der Waals surface area contributed by atoms with Crippen LogP contribution < -0.4 is 14.9 Å². The van der Waals surface area contributed by atoms with Gasteiger partial charge in [-0.15, -0.1) is 0 Å². The number of benzene rings is 3. The smallest absolute Gasteiger partial charge is 0.193 e. The molecular formula is C22H15FO4. The summed E-state index contributed by atoms with van der Waals surface area (Å²) in [6.07, 6.45) is 0. The standard InChI is InChI=1S/C22H15FO4/c1-25-16-10-11-20-17(12-16)19(24)13-22(27-20)14-6-8-15(9-7-14)26-21-5-3-2-4-18(21)23/h2-13H,1H3. The molecule has 0 unspecified atom stereocenters. The highest BCUT2D eigenvalue weighted by Gasteiger charge is 2.09. The van der Waals surface area contributed by atoms with Crippen molar-refractivity contribution in [3.63, 3.8) is 0 Å². The Morgan fingerprint density at radius 3 is 2.37 bits per heavy atom. The van der Waals surface area contributed by atoms with Gasteiger partial charge in [0.2, 0.25) is 0 Å². The highest BCUT2D eigenvalue weighted by molar-refractivity contribution is 5.80. The zero-order valence-electron chi connectivity index (χ0n) is 14.4. The summed E-state index contributed by atoms with van der Waals surface area (Å²) < 4.78 is 30.2. The Kier molecular flexibility index (Phi) is 4.34. The van der Waals surface area contributed by atoms with E-state index in [0.717, 1.165) is 0 Å². The minimum absolute atomic E-state index is 0.149. The van der Waals surface area contributed by atoms with E-state index >= 15 is 0 Å². The number of rotatable bonds is 4. The normalized spacial score (nSPS) is 10.7. The maximum atomic E-state index is 13.7. The van der Waals surface area contributed by atoms with Crippen molar-refractivity contribution < 1.29 is 18.3 Å². The van der Waals surface area contributed by atoms with Crippen LogP contribution in [0.5, 0.6) is 17.2 Å². The molecule has 3 aromatic carbocycles. The van der Waals surface area contributed by atoms with Gasteiger partial charge in [0.15, 0.2) is 17.0 Å². The van der Waals surface area contributed by atoms with Crippen molar-refractivity contribution in [1.82, 2.24) is 0 Å². The Morgan fingerprint density at radius 2 is 1.63 bits per heavy atom. The van der Waals surface area contributed by atoms with Crippen molar-refractivity contribution in [1.29, 1.82) is 0 Å². The molecule has 0 saturated heterocycles. The van der Waals surface area contributed by atoms with E-state index in [4.69, 9.17) is 13.9 Å². The number of ether oxygens (including phenoxy) is 2. The third-order valence-corrected chi connectivity index (χ3v) is 4.14. The van der Waals surface area contributed by atoms with Gasteiger partial charge in [0.1, 0.15) is 22.8 Å². The molecule has 0 spiro atoms. The summed E-state index contributed by atoms with van der Waals surface area (Å²) in [7, 11) is 1.54. The summed E-state index contributed by atoms with van der Waals surface area (Å²) in [5.74, 6) is 1.23. The molecule has 134 valence electrons. The van der Waals surface area contributed by atoms with Crippen molar-refractivity contribution in [2.24, 2.45) is 0 Å². The first-order valence-corrected chi connectivity index (χ1v) is 8.29. The molecule has 0 N–H and O–H groups in total. The van der Waals surface area contributed by atoms with Gasteiger partial charge in [-0.25, -0.2) is 4.39 Å². The Hall–Kier alpha value is -3.60. The van der Waals surface area contributed by atoms with E-state index in [1.807, 2.05) is 0 Å². The molecule has 4 nitrogen and oxygen atoms in total. The van der Waals surface area contributed by atoms with Crippen LogP contribution in [-0.4, -0.2) is 7.11 Å². The van der Waals surface area contributed by atoms with Crippen LogP contribution in [0, 0.1) is 5.82 Å². The molecule has 0 aliphatic carbocycles. The molecule has 1 aromatic heterocycles. The third-order valence-electron chi connectivity index (χ3n) is 4.14. The van der Waals surface area contributed by atoms with E-state index in [1.54, 1.807) is 67.8 Å². The average molecular weight is 362 g/mol. The van der Waals surface area contributed by atoms with E-state index in [0.29, 0.717) is 33.8 Å². The van der Waals surface area contributed by atoms with Crippen LogP contribution in [0.1, 0.15) is 0 Å². The maximum absolute atomic E-state index is 13.7. The Morgan fingerprint density at radius 1 is 0.889 bits per heavy atom. The molecule has 0 amide bonds. The fourth-order valence-electron chi connectivity index (χ4n) is 2.75. The lowest BCUT2D eigenvalue weighted by molar-refractivity contribution is 0.415. The molecule has 0 aliphatic rings. The summed E-state index contributed by atoms with van der Waals surface area (Å²) >= 11 is 0. The van der Waals surface area contributed by atoms with Gasteiger partial charge in [0.25, 0.3) is 0 Å². The molecule has 0 radical (unpaired) electrons. The highest BCUT2D eigenvalue weighted by atomic mass is 19.1. The van der Waals surface area contributed by atoms with Crippen LogP contribution in [0.25, 0.3) is 22.3 Å². The second kappa shape index (κ2) is 6.96. The van der Waals surface area contributed by atoms with Crippen LogP contribution in [0.2, 0.25) is 0 Å². The van der Waals surface area contributed by atoms with Gasteiger partial charge in [0, 0.05) is 11.6 Å². The van der Waals surface area contributed by atoms with E-state index < -0.39 is 5.82 Å². The first-order chi connectivity index (χ1) is 13.1. The molecule has 0 aliphatic heterocycles. The molecule has 0 bridgehead atoms. The second-order valence-electron chi connectivity index (χ2n) is 5.89. The summed E-state index contributed by atoms with van der Waals surface area (Å²) in [6.45, 7) is 0. The van der Waals surface area contributed by atoms with Crippen molar-refractivity contribution in [2.45, 2.75) is 0 Å². The molecule has 27 heavy (non-hydrogen) atoms. The summed E-state index contributed by atoms with van der Waals surface area (Å²) in [5, 5.41) is 0.456.